The van der Waals surface area contributed by atoms with Crippen LogP contribution in [0.2, 0.25) is 0 Å². The van der Waals surface area contributed by atoms with Crippen molar-refractivity contribution in [1.82, 2.24) is 0 Å². The van der Waals surface area contributed by atoms with Crippen molar-refractivity contribution in [2.45, 2.75) is 11.1 Å². The molecule has 0 unspecified atom stereocenters. The van der Waals surface area contributed by atoms with Crippen LogP contribution in [-0.4, -0.2) is 22.6 Å². The predicted molar refractivity (Wildman–Crippen MR) is 107 cm³/mol. The van der Waals surface area contributed by atoms with Crippen molar-refractivity contribution in [2.75, 3.05) is 14.2 Å². The van der Waals surface area contributed by atoms with Crippen LogP contribution in [0.25, 0.3) is 22.3 Å². The standard InChI is InChI=1S/C21H18F3NO4S/c1-28-19-10-5-14(11-20(19)29-2)18-12-15(21(22,23)24)6-9-17(18)13-3-7-16(8-4-13)30(25,26)27/h3-12H,1-2H3,(H2,25,26,27). The normalized spacial score (nSPS) is 11.9. The zero-order chi connectivity index (χ0) is 22.1. The van der Waals surface area contributed by atoms with Gasteiger partial charge in [0.2, 0.25) is 10.0 Å². The Hall–Kier alpha value is -3.04. The zero-order valence-electron chi connectivity index (χ0n) is 16.0. The van der Waals surface area contributed by atoms with Gasteiger partial charge in [0.25, 0.3) is 0 Å². The highest BCUT2D eigenvalue weighted by Gasteiger charge is 2.31. The highest BCUT2D eigenvalue weighted by atomic mass is 32.2. The van der Waals surface area contributed by atoms with Gasteiger partial charge in [-0.15, -0.1) is 0 Å². The molecule has 0 amide bonds. The summed E-state index contributed by atoms with van der Waals surface area (Å²) in [7, 11) is -0.996. The third-order valence-corrected chi connectivity index (χ3v) is 5.46. The second-order valence-corrected chi connectivity index (χ2v) is 7.96. The lowest BCUT2D eigenvalue weighted by Gasteiger charge is -2.16. The number of rotatable bonds is 5. The number of hydrogen-bond acceptors (Lipinski definition) is 4. The Morgan fingerprint density at radius 3 is 1.90 bits per heavy atom. The number of sulfonamides is 1. The first kappa shape index (κ1) is 21.7. The molecule has 0 aliphatic rings. The number of ether oxygens (including phenoxy) is 2. The Balaban J connectivity index is 2.22. The molecule has 0 aliphatic heterocycles. The Labute approximate surface area is 171 Å². The quantitative estimate of drug-likeness (QED) is 0.627. The molecule has 0 spiro atoms. The number of hydrogen-bond donors (Lipinski definition) is 1. The van der Waals surface area contributed by atoms with Gasteiger partial charge >= 0.3 is 6.18 Å². The highest BCUT2D eigenvalue weighted by molar-refractivity contribution is 7.89. The fraction of sp³-hybridized carbons (Fsp3) is 0.143. The molecule has 0 bridgehead atoms. The summed E-state index contributed by atoms with van der Waals surface area (Å²) in [5.74, 6) is 0.801. The molecule has 3 rings (SSSR count). The van der Waals surface area contributed by atoms with Crippen LogP contribution >= 0.6 is 0 Å². The van der Waals surface area contributed by atoms with Crippen molar-refractivity contribution < 1.29 is 31.1 Å². The average Bonchev–Trinajstić information content (AvgIpc) is 2.71. The van der Waals surface area contributed by atoms with Gasteiger partial charge in [-0.3, -0.25) is 0 Å². The van der Waals surface area contributed by atoms with E-state index >= 15 is 0 Å². The largest absolute Gasteiger partial charge is 0.493 e. The fourth-order valence-corrected chi connectivity index (χ4v) is 3.55. The van der Waals surface area contributed by atoms with Crippen LogP contribution in [0.5, 0.6) is 11.5 Å². The Bertz CT molecular complexity index is 1170. The minimum Gasteiger partial charge on any atom is -0.493 e. The highest BCUT2D eigenvalue weighted by Crippen LogP contribution is 2.40. The van der Waals surface area contributed by atoms with E-state index in [1.165, 1.54) is 44.6 Å². The van der Waals surface area contributed by atoms with Crippen molar-refractivity contribution in [2.24, 2.45) is 5.14 Å². The average molecular weight is 437 g/mol. The maximum atomic E-state index is 13.3. The number of benzene rings is 3. The molecule has 0 radical (unpaired) electrons. The lowest BCUT2D eigenvalue weighted by Crippen LogP contribution is -2.11. The van der Waals surface area contributed by atoms with Crippen molar-refractivity contribution >= 4 is 10.0 Å². The van der Waals surface area contributed by atoms with Gasteiger partial charge in [-0.05, 0) is 58.7 Å². The second-order valence-electron chi connectivity index (χ2n) is 6.40. The number of primary sulfonamides is 1. The van der Waals surface area contributed by atoms with E-state index < -0.39 is 21.8 Å². The van der Waals surface area contributed by atoms with E-state index in [4.69, 9.17) is 14.6 Å². The predicted octanol–water partition coefficient (Wildman–Crippen LogP) is 4.70. The van der Waals surface area contributed by atoms with Crippen LogP contribution in [0.15, 0.2) is 65.6 Å². The van der Waals surface area contributed by atoms with Gasteiger partial charge < -0.3 is 9.47 Å². The van der Waals surface area contributed by atoms with Crippen LogP contribution in [-0.2, 0) is 16.2 Å². The number of alkyl halides is 3. The Kier molecular flexibility index (Phi) is 5.78. The SMILES string of the molecule is COc1ccc(-c2cc(C(F)(F)F)ccc2-c2ccc(S(N)(=O)=O)cc2)cc1OC. The van der Waals surface area contributed by atoms with E-state index in [1.54, 1.807) is 18.2 Å². The third-order valence-electron chi connectivity index (χ3n) is 4.54. The molecule has 0 aliphatic carbocycles. The van der Waals surface area contributed by atoms with Gasteiger partial charge in [-0.1, -0.05) is 24.3 Å². The Morgan fingerprint density at radius 2 is 1.37 bits per heavy atom. The first-order valence-corrected chi connectivity index (χ1v) is 10.2. The summed E-state index contributed by atoms with van der Waals surface area (Å²) in [6, 6.07) is 13.8. The van der Waals surface area contributed by atoms with E-state index in [0.717, 1.165) is 12.1 Å². The van der Waals surface area contributed by atoms with E-state index in [0.29, 0.717) is 33.8 Å². The molecule has 2 N–H and O–H groups in total. The Morgan fingerprint density at radius 1 is 0.767 bits per heavy atom. The lowest BCUT2D eigenvalue weighted by molar-refractivity contribution is -0.137. The van der Waals surface area contributed by atoms with E-state index in [1.807, 2.05) is 0 Å². The molecule has 9 heteroatoms. The van der Waals surface area contributed by atoms with Crippen LogP contribution < -0.4 is 14.6 Å². The molecular formula is C21H18F3NO4S. The molecule has 0 fully saturated rings. The molecule has 0 saturated heterocycles. The molecule has 3 aromatic carbocycles. The first-order valence-electron chi connectivity index (χ1n) is 8.61. The molecule has 0 aromatic heterocycles. The molecule has 3 aromatic rings. The fourth-order valence-electron chi connectivity index (χ4n) is 3.04. The summed E-state index contributed by atoms with van der Waals surface area (Å²) in [6.45, 7) is 0. The summed E-state index contributed by atoms with van der Waals surface area (Å²) in [5.41, 5.74) is 0.979. The van der Waals surface area contributed by atoms with Gasteiger partial charge in [0.15, 0.2) is 11.5 Å². The van der Waals surface area contributed by atoms with Gasteiger partial charge in [0, 0.05) is 0 Å². The van der Waals surface area contributed by atoms with Gasteiger partial charge in [0.05, 0.1) is 24.7 Å². The smallest absolute Gasteiger partial charge is 0.416 e. The summed E-state index contributed by atoms with van der Waals surface area (Å²) in [5, 5.41) is 5.11. The summed E-state index contributed by atoms with van der Waals surface area (Å²) in [4.78, 5) is -0.0918. The lowest BCUT2D eigenvalue weighted by atomic mass is 9.92. The molecule has 0 atom stereocenters. The van der Waals surface area contributed by atoms with Crippen LogP contribution in [0.4, 0.5) is 13.2 Å². The van der Waals surface area contributed by atoms with E-state index in [9.17, 15) is 21.6 Å². The summed E-state index contributed by atoms with van der Waals surface area (Å²) < 4.78 is 73.4. The van der Waals surface area contributed by atoms with Gasteiger partial charge in [-0.25, -0.2) is 13.6 Å². The number of nitrogens with two attached hydrogens (primary N) is 1. The van der Waals surface area contributed by atoms with Crippen LogP contribution in [0.3, 0.4) is 0 Å². The number of methoxy groups -OCH3 is 2. The molecule has 0 heterocycles. The minimum atomic E-state index is -4.53. The van der Waals surface area contributed by atoms with Crippen LogP contribution in [0.1, 0.15) is 5.56 Å². The zero-order valence-corrected chi connectivity index (χ0v) is 16.8. The first-order chi connectivity index (χ1) is 14.0. The summed E-state index contributed by atoms with van der Waals surface area (Å²) in [6.07, 6.45) is -4.53. The van der Waals surface area contributed by atoms with Crippen molar-refractivity contribution in [3.8, 4) is 33.8 Å². The summed E-state index contributed by atoms with van der Waals surface area (Å²) >= 11 is 0. The van der Waals surface area contributed by atoms with Gasteiger partial charge in [0.1, 0.15) is 0 Å². The maximum absolute atomic E-state index is 13.3. The van der Waals surface area contributed by atoms with Crippen molar-refractivity contribution in [3.63, 3.8) is 0 Å². The monoisotopic (exact) mass is 437 g/mol. The molecule has 158 valence electrons. The van der Waals surface area contributed by atoms with Crippen molar-refractivity contribution in [1.29, 1.82) is 0 Å². The third kappa shape index (κ3) is 4.42. The minimum absolute atomic E-state index is 0.0918. The van der Waals surface area contributed by atoms with Crippen LogP contribution in [0, 0.1) is 0 Å². The molecular weight excluding hydrogens is 419 g/mol. The second kappa shape index (κ2) is 8.00. The molecule has 30 heavy (non-hydrogen) atoms. The topological polar surface area (TPSA) is 78.6 Å². The van der Waals surface area contributed by atoms with Crippen molar-refractivity contribution in [3.05, 3.63) is 66.2 Å². The molecule has 5 nitrogen and oxygen atoms in total. The maximum Gasteiger partial charge on any atom is 0.416 e. The van der Waals surface area contributed by atoms with E-state index in [2.05, 4.69) is 0 Å². The number of halogens is 3. The molecule has 0 saturated carbocycles. The van der Waals surface area contributed by atoms with E-state index in [-0.39, 0.29) is 4.90 Å². The van der Waals surface area contributed by atoms with Gasteiger partial charge in [-0.2, -0.15) is 13.2 Å².